The molecule has 1 atom stereocenters. The number of anilines is 1. The number of rotatable bonds is 5. The van der Waals surface area contributed by atoms with Crippen LogP contribution < -0.4 is 9.64 Å². The molecular weight excluding hydrogens is 371 g/mol. The lowest BCUT2D eigenvalue weighted by atomic mass is 9.67. The Morgan fingerprint density at radius 2 is 1.75 bits per heavy atom. The van der Waals surface area contributed by atoms with Gasteiger partial charge in [0, 0.05) is 12.2 Å². The molecule has 1 saturated carbocycles. The third kappa shape index (κ3) is 4.14. The van der Waals surface area contributed by atoms with E-state index in [4.69, 9.17) is 4.74 Å². The molecule has 1 aliphatic carbocycles. The lowest BCUT2D eigenvalue weighted by Crippen LogP contribution is -2.43. The zero-order valence-electron chi connectivity index (χ0n) is 16.4. The Balaban J connectivity index is 1.65. The number of carbonyl (C=O) groups excluding carboxylic acids is 1. The molecule has 0 radical (unpaired) electrons. The maximum absolute atomic E-state index is 13.1. The van der Waals surface area contributed by atoms with Crippen molar-refractivity contribution in [3.8, 4) is 5.75 Å². The van der Waals surface area contributed by atoms with Crippen molar-refractivity contribution in [2.45, 2.75) is 76.7 Å². The summed E-state index contributed by atoms with van der Waals surface area (Å²) in [6.07, 6.45) is -1.23. The van der Waals surface area contributed by atoms with E-state index in [1.807, 2.05) is 6.92 Å². The van der Waals surface area contributed by atoms with E-state index in [0.29, 0.717) is 37.9 Å². The van der Waals surface area contributed by atoms with E-state index >= 15 is 0 Å². The van der Waals surface area contributed by atoms with Gasteiger partial charge in [0.1, 0.15) is 5.75 Å². The number of carbonyl (C=O) groups is 1. The summed E-state index contributed by atoms with van der Waals surface area (Å²) in [4.78, 5) is 14.8. The quantitative estimate of drug-likeness (QED) is 0.770. The Kier molecular flexibility index (Phi) is 5.67. The molecule has 156 valence electrons. The summed E-state index contributed by atoms with van der Waals surface area (Å²) in [7, 11) is 0. The van der Waals surface area contributed by atoms with Gasteiger partial charge in [-0.3, -0.25) is 4.79 Å². The van der Waals surface area contributed by atoms with E-state index in [1.54, 1.807) is 17.0 Å². The fraction of sp³-hybridized carbons (Fsp3) is 0.667. The Bertz CT molecular complexity index is 694. The van der Waals surface area contributed by atoms with E-state index in [1.165, 1.54) is 12.1 Å². The zero-order valence-corrected chi connectivity index (χ0v) is 16.4. The van der Waals surface area contributed by atoms with Crippen molar-refractivity contribution in [3.05, 3.63) is 24.3 Å². The van der Waals surface area contributed by atoms with E-state index in [-0.39, 0.29) is 11.7 Å². The normalized spacial score (nSPS) is 29.4. The molecule has 0 aromatic heterocycles. The van der Waals surface area contributed by atoms with Gasteiger partial charge in [0.05, 0.1) is 11.0 Å². The Labute approximate surface area is 163 Å². The number of hydrogen-bond donors (Lipinski definition) is 1. The van der Waals surface area contributed by atoms with Crippen LogP contribution in [-0.4, -0.2) is 35.4 Å². The topological polar surface area (TPSA) is 49.8 Å². The van der Waals surface area contributed by atoms with Crippen molar-refractivity contribution in [2.75, 3.05) is 11.4 Å². The first kappa shape index (κ1) is 21.0. The maximum atomic E-state index is 13.1. The molecule has 3 rings (SSSR count). The molecule has 1 aliphatic heterocycles. The molecule has 7 heteroatoms. The summed E-state index contributed by atoms with van der Waals surface area (Å²) in [5.41, 5.74) is -0.398. The molecule has 1 N–H and O–H groups in total. The first-order valence-corrected chi connectivity index (χ1v) is 9.96. The molecule has 1 heterocycles. The van der Waals surface area contributed by atoms with E-state index < -0.39 is 23.3 Å². The largest absolute Gasteiger partial charge is 0.481 e. The molecule has 0 unspecified atom stereocenters. The van der Waals surface area contributed by atoms with Crippen molar-refractivity contribution in [1.29, 1.82) is 0 Å². The first-order chi connectivity index (χ1) is 13.1. The SMILES string of the molecule is CCC[C@]1(O)CC[C@]2(CCN(c3ccc(O[C@H](C)C(F)(F)F)cc3)C2=O)CC1. The predicted octanol–water partition coefficient (Wildman–Crippen LogP) is 4.84. The number of benzene rings is 1. The van der Waals surface area contributed by atoms with Crippen molar-refractivity contribution in [3.63, 3.8) is 0 Å². The Hall–Kier alpha value is -1.76. The summed E-state index contributed by atoms with van der Waals surface area (Å²) in [6.45, 7) is 3.60. The van der Waals surface area contributed by atoms with Crippen LogP contribution in [0.1, 0.15) is 58.8 Å². The van der Waals surface area contributed by atoms with E-state index in [2.05, 4.69) is 0 Å². The smallest absolute Gasteiger partial charge is 0.425 e. The molecule has 28 heavy (non-hydrogen) atoms. The second kappa shape index (κ2) is 7.58. The fourth-order valence-corrected chi connectivity index (χ4v) is 4.42. The van der Waals surface area contributed by atoms with Crippen molar-refractivity contribution >= 4 is 11.6 Å². The number of ether oxygens (including phenoxy) is 1. The minimum absolute atomic E-state index is 0.0587. The first-order valence-electron chi connectivity index (χ1n) is 9.96. The minimum atomic E-state index is -4.42. The number of halogens is 3. The Morgan fingerprint density at radius 3 is 2.29 bits per heavy atom. The van der Waals surface area contributed by atoms with E-state index in [9.17, 15) is 23.1 Å². The number of aliphatic hydroxyl groups is 1. The lowest BCUT2D eigenvalue weighted by molar-refractivity contribution is -0.189. The molecule has 1 aromatic rings. The average molecular weight is 399 g/mol. The second-order valence-corrected chi connectivity index (χ2v) is 8.26. The standard InChI is InChI=1S/C21H28F3NO3/c1-3-8-20(27)11-9-19(10-12-20)13-14-25(18(19)26)16-4-6-17(7-5-16)28-15(2)21(22,23)24/h4-7,15,27H,3,8-14H2,1-2H3/t15-,19-,20+/m1/s1. The van der Waals surface area contributed by atoms with Crippen LogP contribution in [-0.2, 0) is 4.79 Å². The molecule has 0 bridgehead atoms. The van der Waals surface area contributed by atoms with Crippen LogP contribution in [0.3, 0.4) is 0 Å². The highest BCUT2D eigenvalue weighted by Gasteiger charge is 2.51. The van der Waals surface area contributed by atoms with Gasteiger partial charge in [-0.1, -0.05) is 13.3 Å². The summed E-state index contributed by atoms with van der Waals surface area (Å²) >= 11 is 0. The van der Waals surface area contributed by atoms with Gasteiger partial charge in [0.25, 0.3) is 0 Å². The molecule has 2 aliphatic rings. The third-order valence-electron chi connectivity index (χ3n) is 6.29. The summed E-state index contributed by atoms with van der Waals surface area (Å²) < 4.78 is 42.8. The minimum Gasteiger partial charge on any atom is -0.481 e. The number of nitrogens with zero attached hydrogens (tertiary/aromatic N) is 1. The lowest BCUT2D eigenvalue weighted by Gasteiger charge is -2.41. The van der Waals surface area contributed by atoms with Crippen LogP contribution in [0.2, 0.25) is 0 Å². The van der Waals surface area contributed by atoms with Gasteiger partial charge in [0.15, 0.2) is 6.10 Å². The van der Waals surface area contributed by atoms with Crippen LogP contribution in [0.5, 0.6) is 5.75 Å². The van der Waals surface area contributed by atoms with Crippen molar-refractivity contribution < 1.29 is 27.8 Å². The zero-order chi connectivity index (χ0) is 20.6. The van der Waals surface area contributed by atoms with Gasteiger partial charge in [-0.15, -0.1) is 0 Å². The van der Waals surface area contributed by atoms with Crippen LogP contribution in [0.15, 0.2) is 24.3 Å². The molecule has 4 nitrogen and oxygen atoms in total. The van der Waals surface area contributed by atoms with Gasteiger partial charge >= 0.3 is 6.18 Å². The molecule has 1 saturated heterocycles. The van der Waals surface area contributed by atoms with Crippen LogP contribution in [0.4, 0.5) is 18.9 Å². The average Bonchev–Trinajstić information content (AvgIpc) is 2.95. The van der Waals surface area contributed by atoms with Crippen molar-refractivity contribution in [2.24, 2.45) is 5.41 Å². The molecular formula is C21H28F3NO3. The van der Waals surface area contributed by atoms with Gasteiger partial charge in [-0.2, -0.15) is 13.2 Å². The highest BCUT2D eigenvalue weighted by Crippen LogP contribution is 2.49. The summed E-state index contributed by atoms with van der Waals surface area (Å²) in [5.74, 6) is 0.181. The molecule has 2 fully saturated rings. The maximum Gasteiger partial charge on any atom is 0.425 e. The number of alkyl halides is 3. The van der Waals surface area contributed by atoms with Gasteiger partial charge in [-0.25, -0.2) is 0 Å². The Morgan fingerprint density at radius 1 is 1.14 bits per heavy atom. The van der Waals surface area contributed by atoms with Gasteiger partial charge in [-0.05, 0) is 69.7 Å². The van der Waals surface area contributed by atoms with Crippen LogP contribution in [0, 0.1) is 5.41 Å². The highest BCUT2D eigenvalue weighted by molar-refractivity contribution is 6.00. The molecule has 1 aromatic carbocycles. The number of amides is 1. The molecule has 1 amide bonds. The second-order valence-electron chi connectivity index (χ2n) is 8.26. The van der Waals surface area contributed by atoms with E-state index in [0.717, 1.165) is 26.2 Å². The highest BCUT2D eigenvalue weighted by atomic mass is 19.4. The van der Waals surface area contributed by atoms with Gasteiger partial charge < -0.3 is 14.7 Å². The monoisotopic (exact) mass is 399 g/mol. The summed E-state index contributed by atoms with van der Waals surface area (Å²) in [6, 6.07) is 6.20. The van der Waals surface area contributed by atoms with Gasteiger partial charge in [0.2, 0.25) is 5.91 Å². The molecule has 1 spiro atoms. The number of hydrogen-bond acceptors (Lipinski definition) is 3. The predicted molar refractivity (Wildman–Crippen MR) is 100 cm³/mol. The van der Waals surface area contributed by atoms with Crippen LogP contribution >= 0.6 is 0 Å². The van der Waals surface area contributed by atoms with Crippen LogP contribution in [0.25, 0.3) is 0 Å². The fourth-order valence-electron chi connectivity index (χ4n) is 4.42. The summed E-state index contributed by atoms with van der Waals surface area (Å²) in [5, 5.41) is 10.6. The van der Waals surface area contributed by atoms with Crippen molar-refractivity contribution in [1.82, 2.24) is 0 Å². The third-order valence-corrected chi connectivity index (χ3v) is 6.29.